The maximum absolute atomic E-state index is 11.6. The number of para-hydroxylation sites is 1. The van der Waals surface area contributed by atoms with Gasteiger partial charge in [-0.25, -0.2) is 0 Å². The van der Waals surface area contributed by atoms with Crippen LogP contribution < -0.4 is 4.74 Å². The van der Waals surface area contributed by atoms with E-state index < -0.39 is 12.1 Å². The number of hydrogen-bond acceptors (Lipinski definition) is 5. The number of nitrogens with zero attached hydrogens (tertiary/aromatic N) is 2. The van der Waals surface area contributed by atoms with E-state index in [0.717, 1.165) is 0 Å². The summed E-state index contributed by atoms with van der Waals surface area (Å²) in [6.07, 6.45) is 0.335. The molecule has 1 unspecified atom stereocenters. The van der Waals surface area contributed by atoms with Gasteiger partial charge in [0.05, 0.1) is 12.1 Å². The van der Waals surface area contributed by atoms with Crippen LogP contribution in [0.15, 0.2) is 48.7 Å². The lowest BCUT2D eigenvalue weighted by atomic mass is 10.2. The van der Waals surface area contributed by atoms with Crippen LogP contribution in [0.5, 0.6) is 5.75 Å². The third kappa shape index (κ3) is 3.36. The smallest absolute Gasteiger partial charge is 0.314 e. The van der Waals surface area contributed by atoms with E-state index in [0.29, 0.717) is 11.4 Å². The van der Waals surface area contributed by atoms with Gasteiger partial charge in [-0.2, -0.15) is 10.2 Å². The lowest BCUT2D eigenvalue weighted by molar-refractivity contribution is -0.136. The van der Waals surface area contributed by atoms with Crippen molar-refractivity contribution >= 4 is 5.97 Å². The van der Waals surface area contributed by atoms with Crippen LogP contribution in [-0.4, -0.2) is 21.3 Å². The van der Waals surface area contributed by atoms with Crippen LogP contribution in [-0.2, 0) is 4.79 Å². The number of esters is 1. The fourth-order valence-electron chi connectivity index (χ4n) is 1.42. The molecule has 1 aromatic carbocycles. The number of hydrogen-bond donors (Lipinski definition) is 1. The Hall–Kier alpha value is -2.27. The first-order chi connectivity index (χ1) is 8.75. The van der Waals surface area contributed by atoms with Crippen LogP contribution in [0.25, 0.3) is 0 Å². The first kappa shape index (κ1) is 12.2. The van der Waals surface area contributed by atoms with Crippen LogP contribution in [0.3, 0.4) is 0 Å². The molecule has 0 aliphatic carbocycles. The third-order valence-electron chi connectivity index (χ3n) is 2.27. The molecule has 18 heavy (non-hydrogen) atoms. The molecule has 1 heterocycles. The molecule has 5 heteroatoms. The summed E-state index contributed by atoms with van der Waals surface area (Å²) in [4.78, 5) is 11.6. The van der Waals surface area contributed by atoms with E-state index >= 15 is 0 Å². The summed E-state index contributed by atoms with van der Waals surface area (Å²) < 4.78 is 5.06. The lowest BCUT2D eigenvalue weighted by Crippen LogP contribution is -2.13. The molecule has 2 aromatic rings. The fourth-order valence-corrected chi connectivity index (χ4v) is 1.42. The normalized spacial score (nSPS) is 11.8. The number of carbonyl (C=O) groups excluding carboxylic acids is 1. The molecule has 0 aliphatic rings. The van der Waals surface area contributed by atoms with Gasteiger partial charge in [-0.05, 0) is 24.3 Å². The van der Waals surface area contributed by atoms with Crippen molar-refractivity contribution in [2.24, 2.45) is 0 Å². The summed E-state index contributed by atoms with van der Waals surface area (Å²) in [6, 6.07) is 12.0. The zero-order valence-electron chi connectivity index (χ0n) is 9.56. The number of aliphatic hydroxyl groups is 1. The zero-order chi connectivity index (χ0) is 12.8. The van der Waals surface area contributed by atoms with Crippen molar-refractivity contribution in [3.05, 3.63) is 54.4 Å². The van der Waals surface area contributed by atoms with Crippen molar-refractivity contribution in [3.8, 4) is 5.75 Å². The molecular formula is C13H12N2O3. The number of aliphatic hydroxyl groups excluding tert-OH is 1. The van der Waals surface area contributed by atoms with E-state index in [9.17, 15) is 9.90 Å². The van der Waals surface area contributed by atoms with E-state index in [1.54, 1.807) is 36.4 Å². The number of benzene rings is 1. The second-order valence-electron chi connectivity index (χ2n) is 3.66. The van der Waals surface area contributed by atoms with E-state index in [2.05, 4.69) is 10.2 Å². The average molecular weight is 244 g/mol. The van der Waals surface area contributed by atoms with Crippen LogP contribution in [0.2, 0.25) is 0 Å². The highest BCUT2D eigenvalue weighted by Gasteiger charge is 2.15. The Balaban J connectivity index is 1.92. The molecule has 92 valence electrons. The van der Waals surface area contributed by atoms with Gasteiger partial charge in [-0.1, -0.05) is 18.2 Å². The monoisotopic (exact) mass is 244 g/mol. The summed E-state index contributed by atoms with van der Waals surface area (Å²) in [5.74, 6) is -0.0619. The molecule has 1 N–H and O–H groups in total. The van der Waals surface area contributed by atoms with E-state index in [1.807, 2.05) is 6.07 Å². The quantitative estimate of drug-likeness (QED) is 0.652. The van der Waals surface area contributed by atoms with Crippen molar-refractivity contribution in [1.82, 2.24) is 10.2 Å². The summed E-state index contributed by atoms with van der Waals surface area (Å²) in [7, 11) is 0. The largest absolute Gasteiger partial charge is 0.426 e. The van der Waals surface area contributed by atoms with E-state index in [4.69, 9.17) is 4.74 Å². The van der Waals surface area contributed by atoms with Crippen LogP contribution >= 0.6 is 0 Å². The summed E-state index contributed by atoms with van der Waals surface area (Å²) in [5, 5.41) is 17.1. The Morgan fingerprint density at radius 1 is 1.22 bits per heavy atom. The van der Waals surface area contributed by atoms with Gasteiger partial charge < -0.3 is 9.84 Å². The predicted molar refractivity (Wildman–Crippen MR) is 63.7 cm³/mol. The highest BCUT2D eigenvalue weighted by molar-refractivity contribution is 5.73. The minimum absolute atomic E-state index is 0.159. The minimum atomic E-state index is -1.00. The van der Waals surface area contributed by atoms with Crippen LogP contribution in [0, 0.1) is 0 Å². The average Bonchev–Trinajstić information content (AvgIpc) is 2.40. The topological polar surface area (TPSA) is 72.3 Å². The van der Waals surface area contributed by atoms with E-state index in [1.165, 1.54) is 6.20 Å². The van der Waals surface area contributed by atoms with Gasteiger partial charge in [-0.15, -0.1) is 0 Å². The lowest BCUT2D eigenvalue weighted by Gasteiger charge is -2.08. The number of aromatic nitrogens is 2. The second kappa shape index (κ2) is 5.88. The Morgan fingerprint density at radius 2 is 2.00 bits per heavy atom. The van der Waals surface area contributed by atoms with Crippen molar-refractivity contribution in [2.45, 2.75) is 12.5 Å². The molecule has 0 saturated heterocycles. The molecule has 0 fully saturated rings. The Kier molecular flexibility index (Phi) is 3.98. The summed E-state index contributed by atoms with van der Waals surface area (Å²) in [5.41, 5.74) is 0.350. The molecule has 2 rings (SSSR count). The van der Waals surface area contributed by atoms with Gasteiger partial charge in [-0.3, -0.25) is 4.79 Å². The first-order valence-electron chi connectivity index (χ1n) is 5.47. The van der Waals surface area contributed by atoms with Crippen LogP contribution in [0.4, 0.5) is 0 Å². The molecule has 0 radical (unpaired) electrons. The van der Waals surface area contributed by atoms with Gasteiger partial charge in [0.2, 0.25) is 0 Å². The van der Waals surface area contributed by atoms with Crippen molar-refractivity contribution in [3.63, 3.8) is 0 Å². The summed E-state index contributed by atoms with van der Waals surface area (Å²) >= 11 is 0. The maximum Gasteiger partial charge on any atom is 0.314 e. The van der Waals surface area contributed by atoms with Gasteiger partial charge in [0.25, 0.3) is 0 Å². The Bertz CT molecular complexity index is 502. The SMILES string of the molecule is O=C(CC(O)c1cccnn1)Oc1ccccc1. The number of rotatable bonds is 4. The standard InChI is InChI=1S/C13H12N2O3/c16-12(11-7-4-8-14-15-11)9-13(17)18-10-5-2-1-3-6-10/h1-8,12,16H,9H2. The second-order valence-corrected chi connectivity index (χ2v) is 3.66. The first-order valence-corrected chi connectivity index (χ1v) is 5.47. The maximum atomic E-state index is 11.6. The van der Waals surface area contributed by atoms with Crippen molar-refractivity contribution < 1.29 is 14.6 Å². The third-order valence-corrected chi connectivity index (χ3v) is 2.27. The molecular weight excluding hydrogens is 232 g/mol. The van der Waals surface area contributed by atoms with Crippen LogP contribution in [0.1, 0.15) is 18.2 Å². The molecule has 0 saturated carbocycles. The van der Waals surface area contributed by atoms with E-state index in [-0.39, 0.29) is 6.42 Å². The molecule has 0 amide bonds. The molecule has 0 aliphatic heterocycles. The minimum Gasteiger partial charge on any atom is -0.426 e. The molecule has 0 spiro atoms. The molecule has 5 nitrogen and oxygen atoms in total. The van der Waals surface area contributed by atoms with Crippen molar-refractivity contribution in [2.75, 3.05) is 0 Å². The predicted octanol–water partition coefficient (Wildman–Crippen LogP) is 1.51. The zero-order valence-corrected chi connectivity index (χ0v) is 9.56. The van der Waals surface area contributed by atoms with Gasteiger partial charge in [0, 0.05) is 6.20 Å². The van der Waals surface area contributed by atoms with Gasteiger partial charge in [0.15, 0.2) is 0 Å². The summed E-state index contributed by atoms with van der Waals surface area (Å²) in [6.45, 7) is 0. The molecule has 1 atom stereocenters. The fraction of sp³-hybridized carbons (Fsp3) is 0.154. The Morgan fingerprint density at radius 3 is 2.67 bits per heavy atom. The highest BCUT2D eigenvalue weighted by atomic mass is 16.5. The molecule has 0 bridgehead atoms. The van der Waals surface area contributed by atoms with Gasteiger partial charge >= 0.3 is 5.97 Å². The highest BCUT2D eigenvalue weighted by Crippen LogP contribution is 2.15. The van der Waals surface area contributed by atoms with Crippen molar-refractivity contribution in [1.29, 1.82) is 0 Å². The van der Waals surface area contributed by atoms with Gasteiger partial charge in [0.1, 0.15) is 11.9 Å². The number of carbonyl (C=O) groups is 1. The molecule has 1 aromatic heterocycles. The Labute approximate surface area is 104 Å². The number of ether oxygens (including phenoxy) is 1.